The van der Waals surface area contributed by atoms with Crippen molar-refractivity contribution >= 4 is 16.9 Å². The van der Waals surface area contributed by atoms with Crippen molar-refractivity contribution in [3.05, 3.63) is 82.1 Å². The van der Waals surface area contributed by atoms with Gasteiger partial charge in [0.05, 0.1) is 11.7 Å². The zero-order valence-electron chi connectivity index (χ0n) is 15.4. The van der Waals surface area contributed by atoms with Gasteiger partial charge in [-0.25, -0.2) is 4.98 Å². The Morgan fingerprint density at radius 2 is 1.96 bits per heavy atom. The molecule has 1 amide bonds. The van der Waals surface area contributed by atoms with Crippen LogP contribution in [0.4, 0.5) is 0 Å². The maximum absolute atomic E-state index is 12.7. The number of fused-ring (bicyclic) bond motifs is 1. The van der Waals surface area contributed by atoms with Crippen molar-refractivity contribution in [2.75, 3.05) is 0 Å². The molecule has 7 heteroatoms. The third-order valence-corrected chi connectivity index (χ3v) is 4.51. The van der Waals surface area contributed by atoms with E-state index < -0.39 is 6.04 Å². The summed E-state index contributed by atoms with van der Waals surface area (Å²) >= 11 is 0. The maximum Gasteiger partial charge on any atom is 0.287 e. The SMILES string of the molecule is Cc1c(C(=O)N[C@H](C)c2cc(=O)[nH]c(-c3ccccn3)n2)oc2ccccc12. The summed E-state index contributed by atoms with van der Waals surface area (Å²) in [6.45, 7) is 3.61. The fraction of sp³-hybridized carbons (Fsp3) is 0.143. The number of hydrogen-bond donors (Lipinski definition) is 2. The highest BCUT2D eigenvalue weighted by Gasteiger charge is 2.20. The van der Waals surface area contributed by atoms with E-state index in [2.05, 4.69) is 20.3 Å². The molecule has 0 spiro atoms. The van der Waals surface area contributed by atoms with Crippen molar-refractivity contribution in [3.8, 4) is 11.5 Å². The fourth-order valence-electron chi connectivity index (χ4n) is 3.05. The van der Waals surface area contributed by atoms with Crippen LogP contribution in [0, 0.1) is 6.92 Å². The second-order valence-electron chi connectivity index (χ2n) is 6.48. The number of amides is 1. The number of nitrogens with zero attached hydrogens (tertiary/aromatic N) is 2. The minimum atomic E-state index is -0.495. The first-order chi connectivity index (χ1) is 13.5. The van der Waals surface area contributed by atoms with E-state index in [1.165, 1.54) is 6.07 Å². The molecule has 4 rings (SSSR count). The third kappa shape index (κ3) is 3.29. The number of benzene rings is 1. The van der Waals surface area contributed by atoms with Crippen LogP contribution in [0.15, 0.2) is 63.9 Å². The van der Waals surface area contributed by atoms with Gasteiger partial charge in [-0.3, -0.25) is 14.6 Å². The van der Waals surface area contributed by atoms with Gasteiger partial charge < -0.3 is 14.7 Å². The van der Waals surface area contributed by atoms with E-state index in [1.807, 2.05) is 37.3 Å². The smallest absolute Gasteiger partial charge is 0.287 e. The Morgan fingerprint density at radius 3 is 2.71 bits per heavy atom. The quantitative estimate of drug-likeness (QED) is 0.570. The van der Waals surface area contributed by atoms with Gasteiger partial charge >= 0.3 is 0 Å². The van der Waals surface area contributed by atoms with Crippen LogP contribution >= 0.6 is 0 Å². The normalized spacial score (nSPS) is 12.1. The molecule has 0 aliphatic rings. The van der Waals surface area contributed by atoms with E-state index in [-0.39, 0.29) is 17.2 Å². The number of furan rings is 1. The van der Waals surface area contributed by atoms with Crippen molar-refractivity contribution in [2.45, 2.75) is 19.9 Å². The van der Waals surface area contributed by atoms with Gasteiger partial charge in [-0.1, -0.05) is 24.3 Å². The van der Waals surface area contributed by atoms with Gasteiger partial charge in [0.25, 0.3) is 11.5 Å². The van der Waals surface area contributed by atoms with E-state index in [0.717, 1.165) is 10.9 Å². The second kappa shape index (κ2) is 7.11. The Balaban J connectivity index is 1.62. The lowest BCUT2D eigenvalue weighted by atomic mass is 10.1. The molecule has 0 radical (unpaired) electrons. The lowest BCUT2D eigenvalue weighted by Gasteiger charge is -2.13. The first-order valence-corrected chi connectivity index (χ1v) is 8.84. The molecule has 7 nitrogen and oxygen atoms in total. The molecule has 1 aromatic carbocycles. The topological polar surface area (TPSA) is 101 Å². The van der Waals surface area contributed by atoms with Crippen LogP contribution in [0.1, 0.15) is 34.8 Å². The van der Waals surface area contributed by atoms with Crippen molar-refractivity contribution in [1.82, 2.24) is 20.3 Å². The highest BCUT2D eigenvalue weighted by Crippen LogP contribution is 2.25. The van der Waals surface area contributed by atoms with Gasteiger partial charge in [0, 0.05) is 23.2 Å². The molecule has 28 heavy (non-hydrogen) atoms. The molecule has 140 valence electrons. The molecule has 0 aliphatic heterocycles. The zero-order valence-corrected chi connectivity index (χ0v) is 15.4. The standard InChI is InChI=1S/C21H18N4O3/c1-12-14-7-3-4-9-17(14)28-19(12)21(27)23-13(2)16-11-18(26)25-20(24-16)15-8-5-6-10-22-15/h3-11,13H,1-2H3,(H,23,27)(H,24,25,26)/t13-/m1/s1. The Bertz CT molecular complexity index is 1210. The fourth-order valence-corrected chi connectivity index (χ4v) is 3.05. The molecule has 0 saturated carbocycles. The molecule has 0 bridgehead atoms. The van der Waals surface area contributed by atoms with Crippen LogP contribution in [0.25, 0.3) is 22.5 Å². The van der Waals surface area contributed by atoms with E-state index in [4.69, 9.17) is 4.42 Å². The monoisotopic (exact) mass is 374 g/mol. The summed E-state index contributed by atoms with van der Waals surface area (Å²) < 4.78 is 5.70. The number of para-hydroxylation sites is 1. The molecular weight excluding hydrogens is 356 g/mol. The van der Waals surface area contributed by atoms with E-state index >= 15 is 0 Å². The summed E-state index contributed by atoms with van der Waals surface area (Å²) in [5.41, 5.74) is 2.10. The van der Waals surface area contributed by atoms with Gasteiger partial charge in [0.15, 0.2) is 11.6 Å². The van der Waals surface area contributed by atoms with E-state index in [9.17, 15) is 9.59 Å². The number of aromatic amines is 1. The maximum atomic E-state index is 12.7. The second-order valence-corrected chi connectivity index (χ2v) is 6.48. The largest absolute Gasteiger partial charge is 0.451 e. The summed E-state index contributed by atoms with van der Waals surface area (Å²) in [5.74, 6) is 0.245. The minimum Gasteiger partial charge on any atom is -0.451 e. The molecule has 0 fully saturated rings. The number of H-pyrrole nitrogens is 1. The number of rotatable bonds is 4. The number of pyridine rings is 1. The molecule has 3 heterocycles. The summed E-state index contributed by atoms with van der Waals surface area (Å²) in [6.07, 6.45) is 1.62. The summed E-state index contributed by atoms with van der Waals surface area (Å²) in [6, 6.07) is 13.7. The van der Waals surface area contributed by atoms with Crippen LogP contribution in [0.5, 0.6) is 0 Å². The van der Waals surface area contributed by atoms with Gasteiger partial charge in [0.1, 0.15) is 11.3 Å². The lowest BCUT2D eigenvalue weighted by Crippen LogP contribution is -2.28. The van der Waals surface area contributed by atoms with E-state index in [0.29, 0.717) is 22.8 Å². The number of carbonyl (C=O) groups excluding carboxylic acids is 1. The summed E-state index contributed by atoms with van der Waals surface area (Å²) in [5, 5.41) is 3.75. The number of nitrogens with one attached hydrogen (secondary N) is 2. The Morgan fingerprint density at radius 1 is 1.18 bits per heavy atom. The van der Waals surface area contributed by atoms with Crippen molar-refractivity contribution < 1.29 is 9.21 Å². The molecule has 0 aliphatic carbocycles. The van der Waals surface area contributed by atoms with Crippen LogP contribution in [-0.4, -0.2) is 20.9 Å². The Hall–Kier alpha value is -3.74. The van der Waals surface area contributed by atoms with Crippen molar-refractivity contribution in [1.29, 1.82) is 0 Å². The van der Waals surface area contributed by atoms with Gasteiger partial charge in [-0.2, -0.15) is 0 Å². The Labute approximate surface area is 160 Å². The average molecular weight is 374 g/mol. The highest BCUT2D eigenvalue weighted by atomic mass is 16.3. The molecule has 0 unspecified atom stereocenters. The number of hydrogen-bond acceptors (Lipinski definition) is 5. The molecule has 1 atom stereocenters. The summed E-state index contributed by atoms with van der Waals surface area (Å²) in [4.78, 5) is 36.1. The number of carbonyl (C=O) groups is 1. The van der Waals surface area contributed by atoms with Gasteiger partial charge in [-0.05, 0) is 32.0 Å². The molecule has 0 saturated heterocycles. The number of aryl methyl sites for hydroxylation is 1. The highest BCUT2D eigenvalue weighted by molar-refractivity contribution is 5.99. The predicted octanol–water partition coefficient (Wildman–Crippen LogP) is 3.38. The van der Waals surface area contributed by atoms with Crippen LogP contribution in [0.2, 0.25) is 0 Å². The van der Waals surface area contributed by atoms with E-state index in [1.54, 1.807) is 25.3 Å². The lowest BCUT2D eigenvalue weighted by molar-refractivity contribution is 0.0912. The average Bonchev–Trinajstić information content (AvgIpc) is 3.05. The molecular formula is C21H18N4O3. The van der Waals surface area contributed by atoms with Crippen molar-refractivity contribution in [3.63, 3.8) is 0 Å². The van der Waals surface area contributed by atoms with Crippen LogP contribution in [-0.2, 0) is 0 Å². The first kappa shape index (κ1) is 17.7. The summed E-state index contributed by atoms with van der Waals surface area (Å²) in [7, 11) is 0. The van der Waals surface area contributed by atoms with Crippen LogP contribution < -0.4 is 10.9 Å². The third-order valence-electron chi connectivity index (χ3n) is 4.51. The number of aromatic nitrogens is 3. The molecule has 4 aromatic rings. The van der Waals surface area contributed by atoms with Crippen LogP contribution in [0.3, 0.4) is 0 Å². The van der Waals surface area contributed by atoms with Gasteiger partial charge in [0.2, 0.25) is 0 Å². The Kier molecular flexibility index (Phi) is 4.49. The zero-order chi connectivity index (χ0) is 19.7. The predicted molar refractivity (Wildman–Crippen MR) is 105 cm³/mol. The first-order valence-electron chi connectivity index (χ1n) is 8.84. The van der Waals surface area contributed by atoms with Crippen molar-refractivity contribution in [2.24, 2.45) is 0 Å². The minimum absolute atomic E-state index is 0.253. The van der Waals surface area contributed by atoms with Gasteiger partial charge in [-0.15, -0.1) is 0 Å². The molecule has 2 N–H and O–H groups in total. The molecule has 3 aromatic heterocycles.